The molecule has 0 atom stereocenters. The number of methoxy groups -OCH3 is 2. The number of Topliss-reactive ketones (excluding diaryl/α,β-unsaturated/α-hetero) is 3. The largest absolute Gasteiger partial charge is 1.00 e. The van der Waals surface area contributed by atoms with E-state index >= 15 is 0 Å². The maximum atomic E-state index is 12.5. The Bertz CT molecular complexity index is 5140. The van der Waals surface area contributed by atoms with Gasteiger partial charge in [-0.25, -0.2) is 8.60 Å². The third kappa shape index (κ3) is 62.0. The van der Waals surface area contributed by atoms with Crippen LogP contribution in [0, 0.1) is 5.82 Å². The predicted molar refractivity (Wildman–Crippen MR) is 525 cm³/mol. The molecule has 0 unspecified atom stereocenters. The zero-order chi connectivity index (χ0) is 98.1. The minimum Gasteiger partial charge on any atom is -1.00 e. The molecule has 12 aromatic rings. The number of aromatic amines is 1. The molecule has 0 spiro atoms. The number of carboxylic acids is 2. The monoisotopic (exact) mass is 2350 g/mol. The number of H-pyrrole nitrogens is 1. The number of phenolic OH excluding ortho intramolecular Hbond substituents is 1. The molecular formula is C98H100BrCl9Cs2FNO22S. The average Bonchev–Trinajstić information content (AvgIpc) is 1.60. The van der Waals surface area contributed by atoms with Crippen molar-refractivity contribution in [3.8, 4) is 34.5 Å². The van der Waals surface area contributed by atoms with Crippen molar-refractivity contribution in [1.82, 2.24) is 4.98 Å². The number of carbonyl (C=O) groups excluding carboxylic acids is 5. The van der Waals surface area contributed by atoms with Gasteiger partial charge in [-0.15, -0.1) is 0 Å². The molecule has 0 aliphatic carbocycles. The molecule has 0 bridgehead atoms. The number of hydrogen-bond acceptors (Lipinski definition) is 20. The molecule has 0 radical (unpaired) electrons. The fourth-order valence-corrected chi connectivity index (χ4v) is 12.2. The predicted octanol–water partition coefficient (Wildman–Crippen LogP) is 17.0. The summed E-state index contributed by atoms with van der Waals surface area (Å²) < 4.78 is 70.5. The van der Waals surface area contributed by atoms with Gasteiger partial charge in [0.2, 0.25) is 14.5 Å². The molecular weight excluding hydrogens is 2260 g/mol. The first-order valence-corrected chi connectivity index (χ1v) is 46.5. The van der Waals surface area contributed by atoms with Crippen molar-refractivity contribution >= 4 is 180 Å². The molecule has 0 fully saturated rings. The normalized spacial score (nSPS) is 9.85. The Kier molecular flexibility index (Phi) is 73.0. The van der Waals surface area contributed by atoms with Crippen LogP contribution < -0.4 is 167 Å². The summed E-state index contributed by atoms with van der Waals surface area (Å²) in [6, 6.07) is 76.8. The van der Waals surface area contributed by atoms with E-state index in [1.165, 1.54) is 37.8 Å². The first-order chi connectivity index (χ1) is 63.7. The van der Waals surface area contributed by atoms with E-state index in [1.807, 2.05) is 127 Å². The molecule has 714 valence electrons. The molecule has 4 N–H and O–H groups in total. The smallest absolute Gasteiger partial charge is 1.00 e. The zero-order valence-corrected chi connectivity index (χ0v) is 96.6. The van der Waals surface area contributed by atoms with Gasteiger partial charge < -0.3 is 74.5 Å². The summed E-state index contributed by atoms with van der Waals surface area (Å²) in [6.07, 6.45) is 2.74. The number of alkyl halides is 1. The summed E-state index contributed by atoms with van der Waals surface area (Å²) in [4.78, 5) is 79.3. The van der Waals surface area contributed by atoms with Crippen LogP contribution in [0.2, 0.25) is 30.1 Å². The molecule has 0 saturated heterocycles. The number of aromatic nitrogens is 1. The summed E-state index contributed by atoms with van der Waals surface area (Å²) in [7, 11) is 10.4. The van der Waals surface area contributed by atoms with Crippen LogP contribution in [-0.2, 0) is 132 Å². The second-order valence-corrected chi connectivity index (χ2v) is 33.6. The van der Waals surface area contributed by atoms with Crippen LogP contribution in [0.1, 0.15) is 77.8 Å². The van der Waals surface area contributed by atoms with Crippen LogP contribution in [0.4, 0.5) is 4.39 Å². The number of ketones is 3. The van der Waals surface area contributed by atoms with Crippen LogP contribution >= 0.6 is 119 Å². The maximum Gasteiger partial charge on any atom is 1.00 e. The van der Waals surface area contributed by atoms with Crippen molar-refractivity contribution in [3.05, 3.63) is 353 Å². The molecule has 11 aromatic carbocycles. The molecule has 0 saturated carbocycles. The SMILES string of the molecule is BrCCOCc1ccccc1.CC(=O)Cc1ccc(Cl)cc1O.CC(=O)Cc1ccc(Cl)cc1OCCOCc1ccccc1.COc1cc(Cl)ccc1CC(=O)O.COc1cc(Cl)ccc1CC(C)=O.Fc1ccc2cc[nH]c2c1.O=C(Cl)Cc1ccc(Cl)cc1OCCOCc1ccccc1.O=C(O)Cc1ccc(Cl)cc1OCCOCc1ccccc1.O=CO[O-].O=S(Cl)Cl.[Cs+].[Cs+].[H-]. The van der Waals surface area contributed by atoms with Crippen molar-refractivity contribution in [1.29, 1.82) is 0 Å². The quantitative estimate of drug-likeness (QED) is 0.00702. The fourth-order valence-electron chi connectivity index (χ4n) is 10.9. The Morgan fingerprint density at radius 1 is 0.415 bits per heavy atom. The van der Waals surface area contributed by atoms with E-state index in [0.717, 1.165) is 50.7 Å². The summed E-state index contributed by atoms with van der Waals surface area (Å²) in [5.74, 6) is 1.17. The molecule has 0 amide bonds. The van der Waals surface area contributed by atoms with Crippen LogP contribution in [0.15, 0.2) is 261 Å². The molecule has 1 heterocycles. The number of carbonyl (C=O) groups is 7. The van der Waals surface area contributed by atoms with Gasteiger partial charge in [-0.2, -0.15) is 0 Å². The first kappa shape index (κ1) is 127. The molecule has 135 heavy (non-hydrogen) atoms. The van der Waals surface area contributed by atoms with E-state index in [9.17, 15) is 38.3 Å². The van der Waals surface area contributed by atoms with Gasteiger partial charge in [0.15, 0.2) is 0 Å². The molecule has 23 nitrogen and oxygen atoms in total. The number of carboxylic acid groups (broad SMARTS) is 2. The Morgan fingerprint density at radius 2 is 0.696 bits per heavy atom. The number of phenols is 1. The summed E-state index contributed by atoms with van der Waals surface area (Å²) in [5, 5.41) is 40.0. The van der Waals surface area contributed by atoms with Gasteiger partial charge >= 0.3 is 150 Å². The Hall–Kier alpha value is -6.08. The van der Waals surface area contributed by atoms with Crippen LogP contribution in [0.3, 0.4) is 0 Å². The molecule has 0 aliphatic heterocycles. The Balaban J connectivity index is 0.00000153. The number of ether oxygens (including phenoxy) is 9. The second kappa shape index (κ2) is 77.6. The van der Waals surface area contributed by atoms with Crippen molar-refractivity contribution in [2.45, 2.75) is 85.7 Å². The molecule has 37 heteroatoms. The number of fused-ring (bicyclic) bond motifs is 1. The molecule has 12 rings (SSSR count). The van der Waals surface area contributed by atoms with Crippen molar-refractivity contribution in [3.63, 3.8) is 0 Å². The number of hydrogen-bond donors (Lipinski definition) is 4. The summed E-state index contributed by atoms with van der Waals surface area (Å²) in [5.41, 5.74) is 9.68. The van der Waals surface area contributed by atoms with Gasteiger partial charge in [0.05, 0.1) is 86.3 Å². The van der Waals surface area contributed by atoms with Gasteiger partial charge in [0, 0.05) is 121 Å². The molecule has 0 aliphatic rings. The third-order valence-corrected chi connectivity index (χ3v) is 18.5. The number of nitrogens with one attached hydrogen (secondary N) is 1. The Morgan fingerprint density at radius 3 is 0.993 bits per heavy atom. The zero-order valence-electron chi connectivity index (χ0n) is 75.8. The number of aliphatic carboxylic acids is 2. The van der Waals surface area contributed by atoms with E-state index < -0.39 is 26.4 Å². The van der Waals surface area contributed by atoms with E-state index in [2.05, 4.69) is 59.3 Å². The Labute approximate surface area is 959 Å². The summed E-state index contributed by atoms with van der Waals surface area (Å²) in [6.45, 7) is 9.94. The maximum absolute atomic E-state index is 12.5. The van der Waals surface area contributed by atoms with Gasteiger partial charge in [-0.3, -0.25) is 33.6 Å². The topological polar surface area (TPSA) is 328 Å². The van der Waals surface area contributed by atoms with Gasteiger partial charge in [0.1, 0.15) is 77.5 Å². The number of benzene rings is 11. The first-order valence-electron chi connectivity index (χ1n) is 39.9. The van der Waals surface area contributed by atoms with Crippen molar-refractivity contribution in [2.24, 2.45) is 0 Å². The van der Waals surface area contributed by atoms with E-state index in [-0.39, 0.29) is 200 Å². The fraction of sp³-hybridized carbons (Fsp3) is 0.235. The van der Waals surface area contributed by atoms with E-state index in [4.69, 9.17) is 148 Å². The van der Waals surface area contributed by atoms with Crippen LogP contribution in [0.5, 0.6) is 34.5 Å². The average molecular weight is 2360 g/mol. The van der Waals surface area contributed by atoms with Gasteiger partial charge in [0.25, 0.3) is 6.47 Å². The standard InChI is InChI=1S/C18H19ClO3.C17H16Cl2O3.C17H17ClO4.C10H11ClO2.C9H11BrO.C9H9ClO3.C9H9ClO2.C8H6FN.CH2O3.Cl2OS.2Cs.H/c1-14(20)11-16-7-8-17(19)12-18(16)22-10-9-21-13-15-5-3-2-4-6-15;2*18-15-7-6-14(10-17(19)20)16(11-15)22-9-8-21-12-13-4-2-1-3-5-13;1-7(12)5-8-3-4-9(11)6-10(8)13-2;10-6-7-11-8-9-4-2-1-3-5-9;1-13-8-5-7(10)3-2-6(8)4-9(11)12;1-6(11)4-7-2-3-8(10)5-9(7)12;9-7-2-1-6-3-4-10-8(6)5-7;2-1-4-3;1-4(2)3;;;/h2-8,12H,9-11,13H2,1H3;1-7,11H,8-10,12H2;1-7,11H,8-10,12H2,(H,19,20);3-4,6H,5H2,1-2H3;1-5H,6-8H2;2-3,5H,4H2,1H3,(H,11,12);2-3,5,12H,4H2,1H3;1-5,10H;1,3H;;;;/q;;;;;;;;;;2*+1;-1/p-1. The number of halogens is 11. The molecule has 1 aromatic heterocycles. The van der Waals surface area contributed by atoms with Gasteiger partial charge in [-0.1, -0.05) is 243 Å². The minimum atomic E-state index is -1.67. The second-order valence-electron chi connectivity index (χ2n) is 27.2. The van der Waals surface area contributed by atoms with Gasteiger partial charge in [-0.05, 0) is 157 Å². The minimum absolute atomic E-state index is 0. The number of aromatic hydroxyl groups is 1. The van der Waals surface area contributed by atoms with E-state index in [0.29, 0.717) is 160 Å². The van der Waals surface area contributed by atoms with Crippen molar-refractivity contribution < 1.29 is 249 Å². The van der Waals surface area contributed by atoms with Crippen LogP contribution in [-0.4, -0.2) is 131 Å². The van der Waals surface area contributed by atoms with Crippen molar-refractivity contribution in [2.75, 3.05) is 65.8 Å². The van der Waals surface area contributed by atoms with Crippen LogP contribution in [0.25, 0.3) is 10.9 Å². The number of rotatable bonds is 37. The summed E-state index contributed by atoms with van der Waals surface area (Å²) >= 11 is 43.6. The third-order valence-electron chi connectivity index (χ3n) is 16.6. The van der Waals surface area contributed by atoms with E-state index in [1.54, 1.807) is 124 Å².